The molecule has 1 aliphatic rings. The topological polar surface area (TPSA) is 104 Å². The number of para-hydroxylation sites is 1. The smallest absolute Gasteiger partial charge is 0.268 e. The number of pyridine rings is 1. The third-order valence-corrected chi connectivity index (χ3v) is 7.17. The van der Waals surface area contributed by atoms with Crippen molar-refractivity contribution < 1.29 is 9.59 Å². The first kappa shape index (κ1) is 22.9. The zero-order chi connectivity index (χ0) is 24.4. The summed E-state index contributed by atoms with van der Waals surface area (Å²) in [6, 6.07) is 17.3. The summed E-state index contributed by atoms with van der Waals surface area (Å²) in [5.74, 6) is -0.732. The Hall–Kier alpha value is -3.82. The van der Waals surface area contributed by atoms with Crippen LogP contribution in [0.2, 0.25) is 0 Å². The zero-order valence-electron chi connectivity index (χ0n) is 19.4. The van der Waals surface area contributed by atoms with Crippen molar-refractivity contribution in [2.24, 2.45) is 5.73 Å². The summed E-state index contributed by atoms with van der Waals surface area (Å²) in [4.78, 5) is 39.0. The van der Waals surface area contributed by atoms with Crippen molar-refractivity contribution in [2.75, 3.05) is 43.4 Å². The molecule has 3 N–H and O–H groups in total. The summed E-state index contributed by atoms with van der Waals surface area (Å²) in [7, 11) is 2.12. The number of nitrogens with zero attached hydrogens (tertiary/aromatic N) is 4. The molecule has 0 radical (unpaired) electrons. The van der Waals surface area contributed by atoms with Crippen molar-refractivity contribution in [1.82, 2.24) is 14.9 Å². The highest BCUT2D eigenvalue weighted by Gasteiger charge is 2.20. The fraction of sp³-hybridized carbons (Fsp3) is 0.231. The lowest BCUT2D eigenvalue weighted by molar-refractivity contribution is 0.0991. The first-order valence-electron chi connectivity index (χ1n) is 11.4. The number of hydrogen-bond donors (Lipinski definition) is 2. The van der Waals surface area contributed by atoms with E-state index in [1.165, 1.54) is 11.3 Å². The molecule has 1 fully saturated rings. The van der Waals surface area contributed by atoms with E-state index in [1.807, 2.05) is 54.6 Å². The van der Waals surface area contributed by atoms with Crippen LogP contribution in [0.5, 0.6) is 0 Å². The maximum Gasteiger partial charge on any atom is 0.268 e. The number of rotatable bonds is 7. The predicted octanol–water partition coefficient (Wildman–Crippen LogP) is 3.71. The van der Waals surface area contributed by atoms with Crippen molar-refractivity contribution in [3.8, 4) is 0 Å². The van der Waals surface area contributed by atoms with Crippen LogP contribution in [0, 0.1) is 0 Å². The number of aromatic nitrogens is 2. The van der Waals surface area contributed by atoms with E-state index < -0.39 is 5.91 Å². The maximum absolute atomic E-state index is 13.0. The van der Waals surface area contributed by atoms with Gasteiger partial charge in [-0.25, -0.2) is 4.98 Å². The summed E-state index contributed by atoms with van der Waals surface area (Å²) in [5, 5.41) is 4.70. The average molecular weight is 487 g/mol. The number of benzene rings is 2. The molecule has 178 valence electrons. The average Bonchev–Trinajstić information content (AvgIpc) is 3.27. The van der Waals surface area contributed by atoms with Gasteiger partial charge in [0.25, 0.3) is 5.91 Å². The molecule has 1 amide bonds. The lowest BCUT2D eigenvalue weighted by Gasteiger charge is -2.34. The molecule has 1 aliphatic heterocycles. The van der Waals surface area contributed by atoms with Gasteiger partial charge >= 0.3 is 0 Å². The molecule has 4 aromatic rings. The first-order valence-corrected chi connectivity index (χ1v) is 12.3. The number of hydrogen-bond acceptors (Lipinski definition) is 8. The third-order valence-electron chi connectivity index (χ3n) is 6.20. The highest BCUT2D eigenvalue weighted by molar-refractivity contribution is 7.16. The van der Waals surface area contributed by atoms with Crippen molar-refractivity contribution >= 4 is 50.4 Å². The van der Waals surface area contributed by atoms with Gasteiger partial charge < -0.3 is 20.9 Å². The lowest BCUT2D eigenvalue weighted by atomic mass is 10.1. The molecule has 0 unspecified atom stereocenters. The normalized spacial score (nSPS) is 14.3. The number of carbonyl (C=O) groups excluding carboxylic acids is 2. The number of primary amides is 1. The van der Waals surface area contributed by atoms with Crippen LogP contribution in [0.25, 0.3) is 10.9 Å². The number of amides is 1. The standard InChI is InChI=1S/C26H26N6O2S/c1-31-12-14-32(15-13-31)18-8-6-17(7-9-18)22(33)16-23-24(25(27)34)30-26(35-23)29-21-10-11-28-20-5-3-2-4-19(20)21/h2-11H,12-16H2,1H3,(H2,27,34)(H,28,29,30). The summed E-state index contributed by atoms with van der Waals surface area (Å²) < 4.78 is 0. The molecule has 5 rings (SSSR count). The first-order chi connectivity index (χ1) is 17.0. The number of ketones is 1. The highest BCUT2D eigenvalue weighted by atomic mass is 32.1. The monoisotopic (exact) mass is 486 g/mol. The fourth-order valence-electron chi connectivity index (χ4n) is 4.21. The van der Waals surface area contributed by atoms with Crippen LogP contribution >= 0.6 is 11.3 Å². The SMILES string of the molecule is CN1CCN(c2ccc(C(=O)Cc3sc(Nc4ccnc5ccccc45)nc3C(N)=O)cc2)CC1. The second-order valence-electron chi connectivity index (χ2n) is 8.59. The summed E-state index contributed by atoms with van der Waals surface area (Å²) in [6.45, 7) is 3.98. The third kappa shape index (κ3) is 5.01. The van der Waals surface area contributed by atoms with Crippen LogP contribution in [-0.2, 0) is 6.42 Å². The number of nitrogens with one attached hydrogen (secondary N) is 1. The molecule has 35 heavy (non-hydrogen) atoms. The minimum absolute atomic E-state index is 0.0581. The Morgan fingerprint density at radius 2 is 1.77 bits per heavy atom. The summed E-state index contributed by atoms with van der Waals surface area (Å²) in [5.41, 5.74) is 9.08. The van der Waals surface area contributed by atoms with Crippen molar-refractivity contribution in [3.63, 3.8) is 0 Å². The van der Waals surface area contributed by atoms with E-state index in [0.717, 1.165) is 48.5 Å². The number of Topliss-reactive ketones (excluding diaryl/α,β-unsaturated/α-hetero) is 1. The van der Waals surface area contributed by atoms with Crippen LogP contribution in [0.1, 0.15) is 25.7 Å². The zero-order valence-corrected chi connectivity index (χ0v) is 20.2. The van der Waals surface area contributed by atoms with Crippen molar-refractivity contribution in [2.45, 2.75) is 6.42 Å². The van der Waals surface area contributed by atoms with Gasteiger partial charge in [0.15, 0.2) is 10.9 Å². The van der Waals surface area contributed by atoms with Crippen molar-refractivity contribution in [1.29, 1.82) is 0 Å². The Balaban J connectivity index is 1.33. The molecule has 0 bridgehead atoms. The van der Waals surface area contributed by atoms with Gasteiger partial charge in [-0.3, -0.25) is 14.6 Å². The van der Waals surface area contributed by atoms with Gasteiger partial charge in [0.05, 0.1) is 11.2 Å². The number of carbonyl (C=O) groups is 2. The number of fused-ring (bicyclic) bond motifs is 1. The quantitative estimate of drug-likeness (QED) is 0.384. The highest BCUT2D eigenvalue weighted by Crippen LogP contribution is 2.30. The molecule has 3 heterocycles. The Morgan fingerprint density at radius 3 is 2.51 bits per heavy atom. The maximum atomic E-state index is 13.0. The van der Waals surface area contributed by atoms with Gasteiger partial charge in [0.1, 0.15) is 5.69 Å². The van der Waals surface area contributed by atoms with E-state index in [4.69, 9.17) is 5.73 Å². The van der Waals surface area contributed by atoms with Crippen LogP contribution < -0.4 is 16.0 Å². The molecule has 0 atom stereocenters. The number of anilines is 3. The molecule has 8 nitrogen and oxygen atoms in total. The largest absolute Gasteiger partial charge is 0.369 e. The number of likely N-dealkylation sites (N-methyl/N-ethyl adjacent to an activating group) is 1. The van der Waals surface area contributed by atoms with Gasteiger partial charge in [0.2, 0.25) is 0 Å². The molecule has 1 saturated heterocycles. The Labute approximate surface area is 207 Å². The van der Waals surface area contributed by atoms with Crippen molar-refractivity contribution in [3.05, 3.63) is 76.9 Å². The number of nitrogens with two attached hydrogens (primary N) is 1. The Morgan fingerprint density at radius 1 is 1.03 bits per heavy atom. The molecule has 0 spiro atoms. The van der Waals surface area contributed by atoms with E-state index >= 15 is 0 Å². The fourth-order valence-corrected chi connectivity index (χ4v) is 5.19. The van der Waals surface area contributed by atoms with Crippen LogP contribution in [0.15, 0.2) is 60.8 Å². The Bertz CT molecular complexity index is 1370. The minimum Gasteiger partial charge on any atom is -0.369 e. The molecular weight excluding hydrogens is 460 g/mol. The summed E-state index contributed by atoms with van der Waals surface area (Å²) >= 11 is 1.26. The van der Waals surface area contributed by atoms with E-state index in [-0.39, 0.29) is 17.9 Å². The van der Waals surface area contributed by atoms with Crippen LogP contribution in [0.3, 0.4) is 0 Å². The number of thiazole rings is 1. The van der Waals surface area contributed by atoms with Crippen LogP contribution in [-0.4, -0.2) is 59.8 Å². The molecule has 0 saturated carbocycles. The molecular formula is C26H26N6O2S. The van der Waals surface area contributed by atoms with Gasteiger partial charge in [-0.05, 0) is 43.4 Å². The second kappa shape index (κ2) is 9.81. The van der Waals surface area contributed by atoms with Gasteiger partial charge in [0, 0.05) is 60.3 Å². The van der Waals surface area contributed by atoms with E-state index in [2.05, 4.69) is 32.1 Å². The molecule has 2 aromatic heterocycles. The van der Waals surface area contributed by atoms with Gasteiger partial charge in [-0.2, -0.15) is 0 Å². The van der Waals surface area contributed by atoms with Crippen LogP contribution in [0.4, 0.5) is 16.5 Å². The summed E-state index contributed by atoms with van der Waals surface area (Å²) in [6.07, 6.45) is 1.77. The Kier molecular flexibility index (Phi) is 6.43. The van der Waals surface area contributed by atoms with Gasteiger partial charge in [-0.15, -0.1) is 11.3 Å². The van der Waals surface area contributed by atoms with E-state index in [1.54, 1.807) is 6.20 Å². The minimum atomic E-state index is -0.651. The number of piperazine rings is 1. The molecule has 0 aliphatic carbocycles. The lowest BCUT2D eigenvalue weighted by Crippen LogP contribution is -2.44. The van der Waals surface area contributed by atoms with E-state index in [0.29, 0.717) is 15.6 Å². The van der Waals surface area contributed by atoms with Gasteiger partial charge in [-0.1, -0.05) is 18.2 Å². The second-order valence-corrected chi connectivity index (χ2v) is 9.68. The molecule has 9 heteroatoms. The molecule has 2 aromatic carbocycles. The van der Waals surface area contributed by atoms with E-state index in [9.17, 15) is 9.59 Å². The predicted molar refractivity (Wildman–Crippen MR) is 140 cm³/mol.